The highest BCUT2D eigenvalue weighted by Crippen LogP contribution is 2.11. The number of rotatable bonds is 3. The summed E-state index contributed by atoms with van der Waals surface area (Å²) in [6.45, 7) is 5.29. The molecule has 1 rings (SSSR count). The molecule has 6 nitrogen and oxygen atoms in total. The fourth-order valence-electron chi connectivity index (χ4n) is 1.18. The van der Waals surface area contributed by atoms with Crippen molar-refractivity contribution < 1.29 is 19.4 Å². The number of aliphatic carboxylic acids is 1. The number of ether oxygens (including phenoxy) is 1. The van der Waals surface area contributed by atoms with Gasteiger partial charge in [0, 0.05) is 0 Å². The number of amides is 1. The van der Waals surface area contributed by atoms with Gasteiger partial charge in [-0.2, -0.15) is 0 Å². The molecule has 1 heterocycles. The smallest absolute Gasteiger partial charge is 0.412 e. The normalized spacial score (nSPS) is 10.8. The molecule has 1 aromatic heterocycles. The van der Waals surface area contributed by atoms with Gasteiger partial charge < -0.3 is 9.84 Å². The van der Waals surface area contributed by atoms with Crippen LogP contribution in [0.15, 0.2) is 18.3 Å². The molecule has 6 heteroatoms. The number of pyridine rings is 1. The lowest BCUT2D eigenvalue weighted by Gasteiger charge is -2.19. The highest BCUT2D eigenvalue weighted by molar-refractivity contribution is 5.84. The summed E-state index contributed by atoms with van der Waals surface area (Å²) >= 11 is 0. The first-order valence-corrected chi connectivity index (χ1v) is 5.43. The molecular weight excluding hydrogens is 236 g/mol. The van der Waals surface area contributed by atoms with Crippen LogP contribution in [0.1, 0.15) is 26.5 Å². The molecule has 2 N–H and O–H groups in total. The molecule has 18 heavy (non-hydrogen) atoms. The molecule has 0 spiro atoms. The third-order valence-corrected chi connectivity index (χ3v) is 1.80. The molecule has 0 aliphatic heterocycles. The molecule has 0 atom stereocenters. The predicted octanol–water partition coefficient (Wildman–Crippen LogP) is 2.06. The minimum absolute atomic E-state index is 0.146. The number of nitrogens with zero attached hydrogens (tertiary/aromatic N) is 1. The van der Waals surface area contributed by atoms with Crippen LogP contribution >= 0.6 is 0 Å². The number of carbonyl (C=O) groups is 2. The van der Waals surface area contributed by atoms with E-state index in [1.54, 1.807) is 32.9 Å². The predicted molar refractivity (Wildman–Crippen MR) is 65.4 cm³/mol. The van der Waals surface area contributed by atoms with E-state index in [1.165, 1.54) is 6.20 Å². The van der Waals surface area contributed by atoms with Gasteiger partial charge in [0.05, 0.1) is 24.0 Å². The number of aromatic nitrogens is 1. The van der Waals surface area contributed by atoms with Crippen LogP contribution in [0.25, 0.3) is 0 Å². The van der Waals surface area contributed by atoms with Gasteiger partial charge in [-0.15, -0.1) is 0 Å². The van der Waals surface area contributed by atoms with E-state index in [1.807, 2.05) is 0 Å². The molecule has 1 aromatic rings. The van der Waals surface area contributed by atoms with E-state index in [9.17, 15) is 9.59 Å². The molecule has 0 aromatic carbocycles. The molecule has 0 saturated carbocycles. The average Bonchev–Trinajstić information content (AvgIpc) is 2.17. The third-order valence-electron chi connectivity index (χ3n) is 1.80. The Labute approximate surface area is 105 Å². The number of carbonyl (C=O) groups excluding carboxylic acids is 1. The largest absolute Gasteiger partial charge is 0.481 e. The first-order chi connectivity index (χ1) is 8.26. The van der Waals surface area contributed by atoms with Crippen LogP contribution in [0.5, 0.6) is 0 Å². The van der Waals surface area contributed by atoms with Crippen molar-refractivity contribution in [3.63, 3.8) is 0 Å². The Hall–Kier alpha value is -2.11. The van der Waals surface area contributed by atoms with Crippen molar-refractivity contribution in [2.24, 2.45) is 0 Å². The minimum atomic E-state index is -0.949. The number of hydrogen-bond donors (Lipinski definition) is 2. The summed E-state index contributed by atoms with van der Waals surface area (Å²) in [4.78, 5) is 25.8. The summed E-state index contributed by atoms with van der Waals surface area (Å²) < 4.78 is 5.06. The Morgan fingerprint density at radius 1 is 1.39 bits per heavy atom. The van der Waals surface area contributed by atoms with E-state index >= 15 is 0 Å². The van der Waals surface area contributed by atoms with Gasteiger partial charge in [-0.25, -0.2) is 4.79 Å². The molecule has 0 bridgehead atoms. The summed E-state index contributed by atoms with van der Waals surface area (Å²) in [7, 11) is 0. The van der Waals surface area contributed by atoms with E-state index in [0.717, 1.165) is 0 Å². The fourth-order valence-corrected chi connectivity index (χ4v) is 1.18. The van der Waals surface area contributed by atoms with Crippen LogP contribution in [0.3, 0.4) is 0 Å². The van der Waals surface area contributed by atoms with Gasteiger partial charge in [-0.1, -0.05) is 0 Å². The highest BCUT2D eigenvalue weighted by Gasteiger charge is 2.16. The zero-order valence-electron chi connectivity index (χ0n) is 10.6. The van der Waals surface area contributed by atoms with Crippen molar-refractivity contribution in [2.75, 3.05) is 5.32 Å². The van der Waals surface area contributed by atoms with E-state index in [2.05, 4.69) is 10.3 Å². The van der Waals surface area contributed by atoms with Gasteiger partial charge in [0.1, 0.15) is 5.60 Å². The molecule has 0 aliphatic carbocycles. The topological polar surface area (TPSA) is 88.5 Å². The van der Waals surface area contributed by atoms with Crippen molar-refractivity contribution in [2.45, 2.75) is 32.8 Å². The lowest BCUT2D eigenvalue weighted by atomic mass is 10.2. The molecular formula is C12H16N2O4. The molecule has 0 aliphatic rings. The quantitative estimate of drug-likeness (QED) is 0.859. The lowest BCUT2D eigenvalue weighted by molar-refractivity contribution is -0.136. The second-order valence-corrected chi connectivity index (χ2v) is 4.74. The van der Waals surface area contributed by atoms with Crippen molar-refractivity contribution in [1.29, 1.82) is 0 Å². The van der Waals surface area contributed by atoms with Crippen LogP contribution < -0.4 is 5.32 Å². The van der Waals surface area contributed by atoms with Gasteiger partial charge in [0.15, 0.2) is 0 Å². The SMILES string of the molecule is CC(C)(C)OC(=O)Nc1ccc(CC(=O)O)nc1. The second-order valence-electron chi connectivity index (χ2n) is 4.74. The second kappa shape index (κ2) is 5.48. The monoisotopic (exact) mass is 252 g/mol. The number of nitrogens with one attached hydrogen (secondary N) is 1. The van der Waals surface area contributed by atoms with Crippen LogP contribution in [0, 0.1) is 0 Å². The van der Waals surface area contributed by atoms with E-state index in [-0.39, 0.29) is 6.42 Å². The maximum atomic E-state index is 11.4. The van der Waals surface area contributed by atoms with E-state index < -0.39 is 17.7 Å². The Kier molecular flexibility index (Phi) is 4.25. The van der Waals surface area contributed by atoms with Crippen molar-refractivity contribution in [3.8, 4) is 0 Å². The van der Waals surface area contributed by atoms with Crippen molar-refractivity contribution in [3.05, 3.63) is 24.0 Å². The van der Waals surface area contributed by atoms with Crippen LogP contribution in [0.4, 0.5) is 10.5 Å². The van der Waals surface area contributed by atoms with Gasteiger partial charge in [0.25, 0.3) is 0 Å². The summed E-state index contributed by atoms with van der Waals surface area (Å²) in [5, 5.41) is 11.1. The number of carboxylic acid groups (broad SMARTS) is 1. The van der Waals surface area contributed by atoms with Crippen molar-refractivity contribution >= 4 is 17.7 Å². The average molecular weight is 252 g/mol. The Bertz CT molecular complexity index is 434. The first-order valence-electron chi connectivity index (χ1n) is 5.43. The van der Waals surface area contributed by atoms with Gasteiger partial charge in [0.2, 0.25) is 0 Å². The fraction of sp³-hybridized carbons (Fsp3) is 0.417. The molecule has 1 amide bonds. The summed E-state index contributed by atoms with van der Waals surface area (Å²) in [5.41, 5.74) is 0.316. The number of carboxylic acids is 1. The first kappa shape index (κ1) is 14.0. The van der Waals surface area contributed by atoms with Crippen LogP contribution in [-0.4, -0.2) is 27.8 Å². The van der Waals surface area contributed by atoms with E-state index in [0.29, 0.717) is 11.4 Å². The molecule has 0 fully saturated rings. The number of anilines is 1. The van der Waals surface area contributed by atoms with Crippen LogP contribution in [-0.2, 0) is 16.0 Å². The highest BCUT2D eigenvalue weighted by atomic mass is 16.6. The Morgan fingerprint density at radius 3 is 2.50 bits per heavy atom. The molecule has 0 radical (unpaired) electrons. The number of hydrogen-bond acceptors (Lipinski definition) is 4. The standard InChI is InChI=1S/C12H16N2O4/c1-12(2,3)18-11(17)14-9-5-4-8(13-7-9)6-10(15)16/h4-5,7H,6H2,1-3H3,(H,14,17)(H,15,16). The van der Waals surface area contributed by atoms with Gasteiger partial charge in [-0.3, -0.25) is 15.1 Å². The Balaban J connectivity index is 2.58. The van der Waals surface area contributed by atoms with Gasteiger partial charge in [-0.05, 0) is 32.9 Å². The molecule has 0 unspecified atom stereocenters. The maximum Gasteiger partial charge on any atom is 0.412 e. The van der Waals surface area contributed by atoms with E-state index in [4.69, 9.17) is 9.84 Å². The zero-order chi connectivity index (χ0) is 13.8. The lowest BCUT2D eigenvalue weighted by Crippen LogP contribution is -2.27. The van der Waals surface area contributed by atoms with Gasteiger partial charge >= 0.3 is 12.1 Å². The van der Waals surface area contributed by atoms with Crippen LogP contribution in [0.2, 0.25) is 0 Å². The zero-order valence-corrected chi connectivity index (χ0v) is 10.6. The molecule has 0 saturated heterocycles. The summed E-state index contributed by atoms with van der Waals surface area (Å²) in [6.07, 6.45) is 0.671. The maximum absolute atomic E-state index is 11.4. The summed E-state index contributed by atoms with van der Waals surface area (Å²) in [5.74, 6) is -0.949. The minimum Gasteiger partial charge on any atom is -0.481 e. The summed E-state index contributed by atoms with van der Waals surface area (Å²) in [6, 6.07) is 3.12. The van der Waals surface area contributed by atoms with Crippen molar-refractivity contribution in [1.82, 2.24) is 4.98 Å². The Morgan fingerprint density at radius 2 is 2.06 bits per heavy atom. The third kappa shape index (κ3) is 5.29. The molecule has 98 valence electrons.